The van der Waals surface area contributed by atoms with Gasteiger partial charge in [0.25, 0.3) is 0 Å². The third-order valence-electron chi connectivity index (χ3n) is 1.97. The second-order valence-electron chi connectivity index (χ2n) is 3.13. The molecule has 4 amide bonds. The molecule has 0 radical (unpaired) electrons. The van der Waals surface area contributed by atoms with Gasteiger partial charge in [-0.15, -0.1) is 0 Å². The fourth-order valence-corrected chi connectivity index (χ4v) is 2.36. The molecule has 3 N–H and O–H groups in total. The summed E-state index contributed by atoms with van der Waals surface area (Å²) in [6, 6.07) is -0.918. The first-order valence-electron chi connectivity index (χ1n) is 4.46. The summed E-state index contributed by atoms with van der Waals surface area (Å²) in [5.41, 5.74) is 4.79. The van der Waals surface area contributed by atoms with Crippen LogP contribution in [0.5, 0.6) is 0 Å². The van der Waals surface area contributed by atoms with Gasteiger partial charge >= 0.3 is 6.03 Å². The largest absolute Gasteiger partial charge is 0.351 e. The van der Waals surface area contributed by atoms with Crippen LogP contribution in [0.1, 0.15) is 6.42 Å². The Morgan fingerprint density at radius 1 is 1.62 bits per heavy atom. The van der Waals surface area contributed by atoms with Gasteiger partial charge in [-0.25, -0.2) is 4.79 Å². The Morgan fingerprint density at radius 2 is 2.25 bits per heavy atom. The Bertz CT molecular complexity index is 368. The maximum Gasteiger partial charge on any atom is 0.318 e. The Kier molecular flexibility index (Phi) is 3.88. The molecule has 1 aliphatic rings. The maximum absolute atomic E-state index is 11.6. The molecule has 0 saturated carbocycles. The number of thioether (sulfide) groups is 1. The molecule has 1 heterocycles. The third kappa shape index (κ3) is 2.72. The van der Waals surface area contributed by atoms with Gasteiger partial charge in [0.1, 0.15) is 5.25 Å². The minimum atomic E-state index is -0.918. The molecule has 0 aromatic heterocycles. The quantitative estimate of drug-likeness (QED) is 0.658. The molecule has 1 unspecified atom stereocenters. The molecular weight excluding hydrogens is 232 g/mol. The summed E-state index contributed by atoms with van der Waals surface area (Å²) in [5, 5.41) is 1.93. The number of nitrogens with one attached hydrogen (secondary N) is 1. The van der Waals surface area contributed by atoms with Crippen molar-refractivity contribution in [3.8, 4) is 0 Å². The smallest absolute Gasteiger partial charge is 0.318 e. The summed E-state index contributed by atoms with van der Waals surface area (Å²) < 4.78 is 0. The Morgan fingerprint density at radius 3 is 2.69 bits per heavy atom. The first-order chi connectivity index (χ1) is 7.45. The summed E-state index contributed by atoms with van der Waals surface area (Å²) in [4.78, 5) is 38.5. The SMILES string of the molecule is CN=C1SC(CC(=O)NC(N)=O)C(=O)N1C. The fourth-order valence-electron chi connectivity index (χ4n) is 1.26. The number of nitrogens with zero attached hydrogens (tertiary/aromatic N) is 2. The lowest BCUT2D eigenvalue weighted by Crippen LogP contribution is -2.38. The summed E-state index contributed by atoms with van der Waals surface area (Å²) >= 11 is 1.20. The van der Waals surface area contributed by atoms with Crippen LogP contribution in [0, 0.1) is 0 Å². The first kappa shape index (κ1) is 12.5. The molecule has 1 atom stereocenters. The zero-order valence-electron chi connectivity index (χ0n) is 8.89. The zero-order chi connectivity index (χ0) is 12.3. The van der Waals surface area contributed by atoms with Crippen LogP contribution in [0.3, 0.4) is 0 Å². The Hall–Kier alpha value is -1.57. The van der Waals surface area contributed by atoms with Gasteiger partial charge in [-0.2, -0.15) is 0 Å². The molecule has 1 fully saturated rings. The van der Waals surface area contributed by atoms with Crippen LogP contribution in [0.4, 0.5) is 4.79 Å². The summed E-state index contributed by atoms with van der Waals surface area (Å²) in [7, 11) is 3.15. The van der Waals surface area contributed by atoms with Gasteiger partial charge in [-0.1, -0.05) is 11.8 Å². The second-order valence-corrected chi connectivity index (χ2v) is 4.30. The van der Waals surface area contributed by atoms with E-state index in [0.29, 0.717) is 5.17 Å². The monoisotopic (exact) mass is 244 g/mol. The van der Waals surface area contributed by atoms with Gasteiger partial charge in [0.05, 0.1) is 0 Å². The maximum atomic E-state index is 11.6. The molecule has 0 spiro atoms. The van der Waals surface area contributed by atoms with E-state index in [0.717, 1.165) is 0 Å². The van der Waals surface area contributed by atoms with Crippen LogP contribution in [0.25, 0.3) is 0 Å². The molecule has 1 rings (SSSR count). The van der Waals surface area contributed by atoms with Crippen molar-refractivity contribution in [1.29, 1.82) is 0 Å². The van der Waals surface area contributed by atoms with Crippen molar-refractivity contribution in [2.24, 2.45) is 10.7 Å². The number of urea groups is 1. The van der Waals surface area contributed by atoms with Crippen molar-refractivity contribution in [2.45, 2.75) is 11.7 Å². The number of aliphatic imine (C=N–C) groups is 1. The highest BCUT2D eigenvalue weighted by molar-refractivity contribution is 8.15. The number of imide groups is 1. The molecule has 7 nitrogen and oxygen atoms in total. The molecule has 0 bridgehead atoms. The highest BCUT2D eigenvalue weighted by Crippen LogP contribution is 2.27. The van der Waals surface area contributed by atoms with Gasteiger partial charge in [0, 0.05) is 20.5 Å². The average molecular weight is 244 g/mol. The molecule has 0 aromatic rings. The van der Waals surface area contributed by atoms with Crippen molar-refractivity contribution in [3.63, 3.8) is 0 Å². The summed E-state index contributed by atoms with van der Waals surface area (Å²) in [6.07, 6.45) is -0.0875. The molecule has 0 aromatic carbocycles. The number of hydrogen-bond acceptors (Lipinski definition) is 5. The minimum Gasteiger partial charge on any atom is -0.351 e. The number of amides is 4. The number of amidine groups is 1. The van der Waals surface area contributed by atoms with E-state index in [4.69, 9.17) is 5.73 Å². The second kappa shape index (κ2) is 4.97. The fraction of sp³-hybridized carbons (Fsp3) is 0.500. The zero-order valence-corrected chi connectivity index (χ0v) is 9.71. The summed E-state index contributed by atoms with van der Waals surface area (Å²) in [6.45, 7) is 0. The number of nitrogens with two attached hydrogens (primary N) is 1. The molecule has 88 valence electrons. The van der Waals surface area contributed by atoms with E-state index in [9.17, 15) is 14.4 Å². The lowest BCUT2D eigenvalue weighted by molar-refractivity contribution is -0.128. The minimum absolute atomic E-state index is 0.0875. The highest BCUT2D eigenvalue weighted by atomic mass is 32.2. The number of hydrogen-bond donors (Lipinski definition) is 2. The van der Waals surface area contributed by atoms with Crippen LogP contribution in [0.2, 0.25) is 0 Å². The lowest BCUT2D eigenvalue weighted by Gasteiger charge is -2.07. The summed E-state index contributed by atoms with van der Waals surface area (Å²) in [5.74, 6) is -0.769. The average Bonchev–Trinajstić information content (AvgIpc) is 2.44. The Balaban J connectivity index is 2.60. The molecular formula is C8H12N4O3S. The van der Waals surface area contributed by atoms with Crippen molar-refractivity contribution >= 4 is 34.8 Å². The Labute approximate surface area is 96.4 Å². The highest BCUT2D eigenvalue weighted by Gasteiger charge is 2.36. The van der Waals surface area contributed by atoms with Gasteiger partial charge in [-0.3, -0.25) is 24.8 Å². The van der Waals surface area contributed by atoms with Crippen LogP contribution in [-0.2, 0) is 9.59 Å². The normalized spacial score (nSPS) is 22.6. The predicted molar refractivity (Wildman–Crippen MR) is 59.9 cm³/mol. The van der Waals surface area contributed by atoms with Crippen molar-refractivity contribution < 1.29 is 14.4 Å². The lowest BCUT2D eigenvalue weighted by atomic mass is 10.2. The van der Waals surface area contributed by atoms with Crippen molar-refractivity contribution in [2.75, 3.05) is 14.1 Å². The van der Waals surface area contributed by atoms with Gasteiger partial charge in [0.15, 0.2) is 5.17 Å². The van der Waals surface area contributed by atoms with E-state index in [1.807, 2.05) is 5.32 Å². The molecule has 1 aliphatic heterocycles. The predicted octanol–water partition coefficient (Wildman–Crippen LogP) is -0.869. The van der Waals surface area contributed by atoms with E-state index < -0.39 is 17.2 Å². The first-order valence-corrected chi connectivity index (χ1v) is 5.34. The topological polar surface area (TPSA) is 105 Å². The van der Waals surface area contributed by atoms with Crippen LogP contribution in [-0.4, -0.2) is 47.3 Å². The van der Waals surface area contributed by atoms with E-state index >= 15 is 0 Å². The van der Waals surface area contributed by atoms with Crippen molar-refractivity contribution in [1.82, 2.24) is 10.2 Å². The standard InChI is InChI=1S/C8H12N4O3S/c1-10-8-12(2)6(14)4(16-8)3-5(13)11-7(9)15/h4H,3H2,1-2H3,(H3,9,11,13,15). The van der Waals surface area contributed by atoms with Gasteiger partial charge in [0.2, 0.25) is 11.8 Å². The number of primary amides is 1. The molecule has 8 heteroatoms. The van der Waals surface area contributed by atoms with E-state index in [-0.39, 0.29) is 12.3 Å². The third-order valence-corrected chi connectivity index (χ3v) is 3.29. The van der Waals surface area contributed by atoms with Gasteiger partial charge in [-0.05, 0) is 0 Å². The van der Waals surface area contributed by atoms with Crippen LogP contribution >= 0.6 is 11.8 Å². The van der Waals surface area contributed by atoms with E-state index in [1.165, 1.54) is 16.7 Å². The van der Waals surface area contributed by atoms with Crippen LogP contribution < -0.4 is 11.1 Å². The number of rotatable bonds is 2. The molecule has 16 heavy (non-hydrogen) atoms. The van der Waals surface area contributed by atoms with E-state index in [2.05, 4.69) is 4.99 Å². The van der Waals surface area contributed by atoms with Crippen LogP contribution in [0.15, 0.2) is 4.99 Å². The van der Waals surface area contributed by atoms with Gasteiger partial charge < -0.3 is 5.73 Å². The van der Waals surface area contributed by atoms with E-state index in [1.54, 1.807) is 14.1 Å². The molecule has 0 aliphatic carbocycles. The number of carbonyl (C=O) groups excluding carboxylic acids is 3. The van der Waals surface area contributed by atoms with Crippen molar-refractivity contribution in [3.05, 3.63) is 0 Å². The number of carbonyl (C=O) groups is 3. The molecule has 1 saturated heterocycles.